The van der Waals surface area contributed by atoms with Gasteiger partial charge in [0.05, 0.1) is 14.2 Å². The molecule has 0 unspecified atom stereocenters. The van der Waals surface area contributed by atoms with Gasteiger partial charge in [-0.3, -0.25) is 9.59 Å². The van der Waals surface area contributed by atoms with Gasteiger partial charge >= 0.3 is 11.9 Å². The molecule has 0 aliphatic carbocycles. The summed E-state index contributed by atoms with van der Waals surface area (Å²) in [6, 6.07) is 3.78. The van der Waals surface area contributed by atoms with Crippen molar-refractivity contribution in [1.29, 1.82) is 0 Å². The molecule has 0 radical (unpaired) electrons. The summed E-state index contributed by atoms with van der Waals surface area (Å²) in [4.78, 5) is 23.5. The number of ether oxygens (including phenoxy) is 2. The van der Waals surface area contributed by atoms with Gasteiger partial charge in [0, 0.05) is 0 Å². The van der Waals surface area contributed by atoms with Crippen molar-refractivity contribution in [2.24, 2.45) is 0 Å². The Bertz CT molecular complexity index is 461. The van der Waals surface area contributed by atoms with Gasteiger partial charge in [0.2, 0.25) is 0 Å². The molecule has 0 aromatic heterocycles. The molecule has 0 heterocycles. The number of carbonyl (C=O) groups is 2. The van der Waals surface area contributed by atoms with E-state index >= 15 is 0 Å². The molecule has 0 atom stereocenters. The highest BCUT2D eigenvalue weighted by molar-refractivity contribution is 6.01. The van der Waals surface area contributed by atoms with E-state index in [1.54, 1.807) is 0 Å². The zero-order valence-corrected chi connectivity index (χ0v) is 11.4. The molecular weight excluding hydrogens is 232 g/mol. The average molecular weight is 250 g/mol. The largest absolute Gasteiger partial charge is 0.468 e. The molecule has 0 saturated carbocycles. The predicted octanol–water partition coefficient (Wildman–Crippen LogP) is 2.04. The summed E-state index contributed by atoms with van der Waals surface area (Å²) in [6.07, 6.45) is 0. The highest BCUT2D eigenvalue weighted by atomic mass is 16.5. The smallest absolute Gasteiger partial charge is 0.324 e. The molecule has 4 nitrogen and oxygen atoms in total. The molecule has 1 rings (SSSR count). The van der Waals surface area contributed by atoms with Crippen LogP contribution >= 0.6 is 0 Å². The lowest BCUT2D eigenvalue weighted by Crippen LogP contribution is -2.25. The van der Waals surface area contributed by atoms with E-state index in [1.807, 2.05) is 32.9 Å². The van der Waals surface area contributed by atoms with Crippen molar-refractivity contribution < 1.29 is 19.1 Å². The zero-order chi connectivity index (χ0) is 13.9. The Hall–Kier alpha value is -1.84. The van der Waals surface area contributed by atoms with E-state index in [2.05, 4.69) is 9.47 Å². The number of rotatable bonds is 3. The lowest BCUT2D eigenvalue weighted by molar-refractivity contribution is -0.154. The molecule has 0 N–H and O–H groups in total. The molecule has 0 spiro atoms. The van der Waals surface area contributed by atoms with E-state index in [0.717, 1.165) is 16.7 Å². The van der Waals surface area contributed by atoms with Gasteiger partial charge in [0.25, 0.3) is 0 Å². The predicted molar refractivity (Wildman–Crippen MR) is 67.4 cm³/mol. The zero-order valence-electron chi connectivity index (χ0n) is 11.4. The van der Waals surface area contributed by atoms with Crippen LogP contribution in [0.3, 0.4) is 0 Å². The molecule has 98 valence electrons. The molecule has 0 fully saturated rings. The summed E-state index contributed by atoms with van der Waals surface area (Å²) in [6.45, 7) is 5.78. The third-order valence-corrected chi connectivity index (χ3v) is 3.07. The fourth-order valence-electron chi connectivity index (χ4n) is 1.88. The van der Waals surface area contributed by atoms with Gasteiger partial charge in [0.15, 0.2) is 5.92 Å². The van der Waals surface area contributed by atoms with E-state index in [9.17, 15) is 9.59 Å². The van der Waals surface area contributed by atoms with Crippen molar-refractivity contribution >= 4 is 11.9 Å². The normalized spacial score (nSPS) is 10.3. The van der Waals surface area contributed by atoms with E-state index in [-0.39, 0.29) is 0 Å². The first-order chi connectivity index (χ1) is 8.42. The van der Waals surface area contributed by atoms with Crippen molar-refractivity contribution in [3.8, 4) is 0 Å². The summed E-state index contributed by atoms with van der Waals surface area (Å²) in [5.74, 6) is -2.22. The molecule has 0 aliphatic heterocycles. The first-order valence-corrected chi connectivity index (χ1v) is 5.65. The van der Waals surface area contributed by atoms with Crippen LogP contribution < -0.4 is 0 Å². The fraction of sp³-hybridized carbons (Fsp3) is 0.429. The number of benzene rings is 1. The highest BCUT2D eigenvalue weighted by Gasteiger charge is 2.32. The molecule has 0 aliphatic rings. The van der Waals surface area contributed by atoms with Crippen molar-refractivity contribution in [3.05, 3.63) is 34.4 Å². The Morgan fingerprint density at radius 2 is 1.33 bits per heavy atom. The second kappa shape index (κ2) is 5.67. The second-order valence-electron chi connectivity index (χ2n) is 4.27. The number of aryl methyl sites for hydroxylation is 3. The van der Waals surface area contributed by atoms with Gasteiger partial charge in [0.1, 0.15) is 0 Å². The molecule has 0 amide bonds. The standard InChI is InChI=1S/C14H18O4/c1-8-6-10(3)11(7-9(8)2)12(13(15)17-4)14(16)18-5/h6-7,12H,1-5H3. The lowest BCUT2D eigenvalue weighted by Gasteiger charge is -2.16. The molecule has 0 saturated heterocycles. The van der Waals surface area contributed by atoms with Crippen molar-refractivity contribution in [3.63, 3.8) is 0 Å². The van der Waals surface area contributed by atoms with Gasteiger partial charge in [-0.2, -0.15) is 0 Å². The lowest BCUT2D eigenvalue weighted by atomic mass is 9.91. The summed E-state index contributed by atoms with van der Waals surface area (Å²) >= 11 is 0. The van der Waals surface area contributed by atoms with Crippen LogP contribution in [-0.2, 0) is 19.1 Å². The maximum Gasteiger partial charge on any atom is 0.324 e. The Labute approximate surface area is 107 Å². The van der Waals surface area contributed by atoms with Crippen LogP contribution in [0, 0.1) is 20.8 Å². The maximum absolute atomic E-state index is 11.7. The summed E-state index contributed by atoms with van der Waals surface area (Å²) in [7, 11) is 2.52. The topological polar surface area (TPSA) is 52.6 Å². The number of hydrogen-bond acceptors (Lipinski definition) is 4. The number of hydrogen-bond donors (Lipinski definition) is 0. The monoisotopic (exact) mass is 250 g/mol. The fourth-order valence-corrected chi connectivity index (χ4v) is 1.88. The van der Waals surface area contributed by atoms with Crippen molar-refractivity contribution in [2.75, 3.05) is 14.2 Å². The van der Waals surface area contributed by atoms with Gasteiger partial charge in [-0.25, -0.2) is 0 Å². The third kappa shape index (κ3) is 2.70. The van der Waals surface area contributed by atoms with Crippen LogP contribution in [0.1, 0.15) is 28.2 Å². The number of carbonyl (C=O) groups excluding carboxylic acids is 2. The summed E-state index contributed by atoms with van der Waals surface area (Å²) in [5.41, 5.74) is 3.65. The van der Waals surface area contributed by atoms with Crippen molar-refractivity contribution in [1.82, 2.24) is 0 Å². The molecule has 18 heavy (non-hydrogen) atoms. The minimum absolute atomic E-state index is 0.604. The van der Waals surface area contributed by atoms with Crippen molar-refractivity contribution in [2.45, 2.75) is 26.7 Å². The maximum atomic E-state index is 11.7. The van der Waals surface area contributed by atoms with Gasteiger partial charge in [-0.15, -0.1) is 0 Å². The highest BCUT2D eigenvalue weighted by Crippen LogP contribution is 2.25. The molecular formula is C14H18O4. The van der Waals surface area contributed by atoms with Gasteiger partial charge in [-0.1, -0.05) is 12.1 Å². The minimum atomic E-state index is -1.01. The molecule has 0 bridgehead atoms. The van der Waals surface area contributed by atoms with E-state index < -0.39 is 17.9 Å². The van der Waals surface area contributed by atoms with Gasteiger partial charge < -0.3 is 9.47 Å². The van der Waals surface area contributed by atoms with Crippen LogP contribution in [0.4, 0.5) is 0 Å². The van der Waals surface area contributed by atoms with Crippen LogP contribution in [0.2, 0.25) is 0 Å². The van der Waals surface area contributed by atoms with E-state index in [1.165, 1.54) is 14.2 Å². The average Bonchev–Trinajstić information content (AvgIpc) is 2.35. The Balaban J connectivity index is 3.33. The summed E-state index contributed by atoms with van der Waals surface area (Å²) in [5, 5.41) is 0. The third-order valence-electron chi connectivity index (χ3n) is 3.07. The Kier molecular flexibility index (Phi) is 4.48. The Morgan fingerprint density at radius 1 is 0.889 bits per heavy atom. The van der Waals surface area contributed by atoms with Crippen LogP contribution in [0.5, 0.6) is 0 Å². The number of esters is 2. The van der Waals surface area contributed by atoms with Gasteiger partial charge in [-0.05, 0) is 43.0 Å². The van der Waals surface area contributed by atoms with Crippen LogP contribution in [-0.4, -0.2) is 26.2 Å². The molecule has 1 aromatic carbocycles. The van der Waals surface area contributed by atoms with E-state index in [4.69, 9.17) is 0 Å². The number of methoxy groups -OCH3 is 2. The van der Waals surface area contributed by atoms with E-state index in [0.29, 0.717) is 5.56 Å². The Morgan fingerprint density at radius 3 is 1.78 bits per heavy atom. The minimum Gasteiger partial charge on any atom is -0.468 e. The SMILES string of the molecule is COC(=O)C(C(=O)OC)c1cc(C)c(C)cc1C. The first-order valence-electron chi connectivity index (χ1n) is 5.65. The molecule has 1 aromatic rings. The molecule has 4 heteroatoms. The first kappa shape index (κ1) is 14.2. The van der Waals surface area contributed by atoms with Crippen LogP contribution in [0.25, 0.3) is 0 Å². The van der Waals surface area contributed by atoms with Crippen LogP contribution in [0.15, 0.2) is 12.1 Å². The summed E-state index contributed by atoms with van der Waals surface area (Å²) < 4.78 is 9.35. The quantitative estimate of drug-likeness (QED) is 0.608. The second-order valence-corrected chi connectivity index (χ2v) is 4.27.